The molecule has 102 valence electrons. The highest BCUT2D eigenvalue weighted by molar-refractivity contribution is 5.78. The Morgan fingerprint density at radius 2 is 1.74 bits per heavy atom. The summed E-state index contributed by atoms with van der Waals surface area (Å²) in [7, 11) is 0. The third kappa shape index (κ3) is 3.22. The van der Waals surface area contributed by atoms with E-state index in [1.165, 1.54) is 0 Å². The largest absolute Gasteiger partial charge is 0.351 e. The summed E-state index contributed by atoms with van der Waals surface area (Å²) in [5.74, 6) is 0. The fourth-order valence-corrected chi connectivity index (χ4v) is 2.11. The van der Waals surface area contributed by atoms with Crippen molar-refractivity contribution in [3.63, 3.8) is 0 Å². The second-order valence-electron chi connectivity index (χ2n) is 4.18. The molecule has 0 aliphatic rings. The Bertz CT molecular complexity index is 585. The molecule has 4 nitrogen and oxygen atoms in total. The first-order valence-electron chi connectivity index (χ1n) is 6.58. The Morgan fingerprint density at radius 1 is 1.05 bits per heavy atom. The van der Waals surface area contributed by atoms with E-state index >= 15 is 0 Å². The molecule has 0 N–H and O–H groups in total. The number of hydrogen-bond acceptors (Lipinski definition) is 3. The lowest BCUT2D eigenvalue weighted by atomic mass is 10.2. The van der Waals surface area contributed by atoms with E-state index < -0.39 is 6.29 Å². The van der Waals surface area contributed by atoms with Crippen LogP contribution in [0.15, 0.2) is 41.2 Å². The van der Waals surface area contributed by atoms with Gasteiger partial charge < -0.3 is 14.0 Å². The summed E-state index contributed by atoms with van der Waals surface area (Å²) in [4.78, 5) is 12.0. The highest BCUT2D eigenvalue weighted by Gasteiger charge is 2.11. The molecule has 0 atom stereocenters. The zero-order valence-corrected chi connectivity index (χ0v) is 11.3. The van der Waals surface area contributed by atoms with Crippen LogP contribution in [0.25, 0.3) is 10.9 Å². The smallest absolute Gasteiger partial charge is 0.251 e. The number of benzene rings is 1. The van der Waals surface area contributed by atoms with Crippen LogP contribution >= 0.6 is 0 Å². The van der Waals surface area contributed by atoms with Crippen LogP contribution in [0.4, 0.5) is 0 Å². The number of aromatic nitrogens is 1. The molecule has 0 unspecified atom stereocenters. The first-order chi connectivity index (χ1) is 9.26. The number of fused-ring (bicyclic) bond motifs is 1. The Hall–Kier alpha value is -1.65. The average Bonchev–Trinajstić information content (AvgIpc) is 2.42. The van der Waals surface area contributed by atoms with E-state index in [1.54, 1.807) is 10.6 Å². The molecular weight excluding hydrogens is 242 g/mol. The van der Waals surface area contributed by atoms with Gasteiger partial charge in [0.25, 0.3) is 5.56 Å². The Morgan fingerprint density at radius 3 is 2.42 bits per heavy atom. The predicted molar refractivity (Wildman–Crippen MR) is 75.2 cm³/mol. The van der Waals surface area contributed by atoms with Gasteiger partial charge in [0.05, 0.1) is 12.1 Å². The van der Waals surface area contributed by atoms with Crippen LogP contribution in [-0.2, 0) is 16.0 Å². The standard InChI is InChI=1S/C15H19NO3/c1-3-18-15(19-4-2)11-16-13-8-6-5-7-12(13)9-10-14(16)17/h5-10,15H,3-4,11H2,1-2H3. The highest BCUT2D eigenvalue weighted by Crippen LogP contribution is 2.12. The molecule has 4 heteroatoms. The zero-order chi connectivity index (χ0) is 13.7. The van der Waals surface area contributed by atoms with Crippen molar-refractivity contribution in [2.24, 2.45) is 0 Å². The summed E-state index contributed by atoms with van der Waals surface area (Å²) in [5.41, 5.74) is 0.863. The quantitative estimate of drug-likeness (QED) is 0.750. The Labute approximate surface area is 112 Å². The van der Waals surface area contributed by atoms with E-state index in [0.717, 1.165) is 10.9 Å². The lowest BCUT2D eigenvalue weighted by Gasteiger charge is -2.19. The number of nitrogens with zero attached hydrogens (tertiary/aromatic N) is 1. The fraction of sp³-hybridized carbons (Fsp3) is 0.400. The van der Waals surface area contributed by atoms with Gasteiger partial charge in [-0.15, -0.1) is 0 Å². The highest BCUT2D eigenvalue weighted by atomic mass is 16.7. The second-order valence-corrected chi connectivity index (χ2v) is 4.18. The molecule has 0 aliphatic carbocycles. The number of ether oxygens (including phenoxy) is 2. The molecule has 0 aliphatic heterocycles. The number of pyridine rings is 1. The van der Waals surface area contributed by atoms with E-state index in [1.807, 2.05) is 44.2 Å². The van der Waals surface area contributed by atoms with Crippen molar-refractivity contribution in [1.29, 1.82) is 0 Å². The number of rotatable bonds is 6. The van der Waals surface area contributed by atoms with Gasteiger partial charge in [-0.25, -0.2) is 0 Å². The van der Waals surface area contributed by atoms with Crippen molar-refractivity contribution in [2.45, 2.75) is 26.7 Å². The molecule has 19 heavy (non-hydrogen) atoms. The molecule has 0 bridgehead atoms. The molecular formula is C15H19NO3. The zero-order valence-electron chi connectivity index (χ0n) is 11.3. The van der Waals surface area contributed by atoms with Gasteiger partial charge in [0, 0.05) is 19.3 Å². The minimum absolute atomic E-state index is 0.0388. The van der Waals surface area contributed by atoms with Crippen molar-refractivity contribution in [2.75, 3.05) is 13.2 Å². The van der Waals surface area contributed by atoms with Gasteiger partial charge >= 0.3 is 0 Å². The monoisotopic (exact) mass is 261 g/mol. The Balaban J connectivity index is 2.37. The molecule has 0 fully saturated rings. The third-order valence-electron chi connectivity index (χ3n) is 2.94. The SMILES string of the molecule is CCOC(Cn1c(=O)ccc2ccccc21)OCC. The molecule has 0 saturated carbocycles. The number of hydrogen-bond donors (Lipinski definition) is 0. The molecule has 2 rings (SSSR count). The average molecular weight is 261 g/mol. The second kappa shape index (κ2) is 6.50. The Kier molecular flexibility index (Phi) is 4.71. The summed E-state index contributed by atoms with van der Waals surface area (Å²) < 4.78 is 12.7. The minimum atomic E-state index is -0.390. The maximum atomic E-state index is 12.0. The van der Waals surface area contributed by atoms with Gasteiger partial charge in [-0.2, -0.15) is 0 Å². The van der Waals surface area contributed by atoms with Crippen LogP contribution in [0.5, 0.6) is 0 Å². The van der Waals surface area contributed by atoms with Crippen molar-refractivity contribution < 1.29 is 9.47 Å². The van der Waals surface area contributed by atoms with Gasteiger partial charge in [0.15, 0.2) is 6.29 Å². The van der Waals surface area contributed by atoms with Crippen LogP contribution in [-0.4, -0.2) is 24.1 Å². The molecule has 0 radical (unpaired) electrons. The maximum Gasteiger partial charge on any atom is 0.251 e. The van der Waals surface area contributed by atoms with Crippen LogP contribution in [0.2, 0.25) is 0 Å². The van der Waals surface area contributed by atoms with Crippen molar-refractivity contribution in [3.05, 3.63) is 46.8 Å². The lowest BCUT2D eigenvalue weighted by molar-refractivity contribution is -0.143. The van der Waals surface area contributed by atoms with Crippen molar-refractivity contribution in [3.8, 4) is 0 Å². The van der Waals surface area contributed by atoms with Gasteiger partial charge in [0.1, 0.15) is 0 Å². The van der Waals surface area contributed by atoms with Crippen LogP contribution in [0, 0.1) is 0 Å². The van der Waals surface area contributed by atoms with Gasteiger partial charge in [-0.05, 0) is 31.4 Å². The summed E-state index contributed by atoms with van der Waals surface area (Å²) in [6.07, 6.45) is -0.390. The van der Waals surface area contributed by atoms with E-state index in [2.05, 4.69) is 0 Å². The van der Waals surface area contributed by atoms with E-state index in [4.69, 9.17) is 9.47 Å². The molecule has 1 heterocycles. The number of para-hydroxylation sites is 1. The van der Waals surface area contributed by atoms with Crippen molar-refractivity contribution >= 4 is 10.9 Å². The van der Waals surface area contributed by atoms with E-state index in [9.17, 15) is 4.79 Å². The van der Waals surface area contributed by atoms with E-state index in [-0.39, 0.29) is 5.56 Å². The molecule has 0 saturated heterocycles. The topological polar surface area (TPSA) is 40.5 Å². The van der Waals surface area contributed by atoms with Gasteiger partial charge in [-0.1, -0.05) is 18.2 Å². The first-order valence-corrected chi connectivity index (χ1v) is 6.58. The van der Waals surface area contributed by atoms with Crippen molar-refractivity contribution in [1.82, 2.24) is 4.57 Å². The summed E-state index contributed by atoms with van der Waals surface area (Å²) in [6.45, 7) is 5.35. The van der Waals surface area contributed by atoms with Gasteiger partial charge in [0.2, 0.25) is 0 Å². The summed E-state index contributed by atoms with van der Waals surface area (Å²) in [6, 6.07) is 11.2. The molecule has 1 aromatic heterocycles. The van der Waals surface area contributed by atoms with Gasteiger partial charge in [-0.3, -0.25) is 4.79 Å². The fourth-order valence-electron chi connectivity index (χ4n) is 2.11. The van der Waals surface area contributed by atoms with Crippen LogP contribution in [0.3, 0.4) is 0 Å². The van der Waals surface area contributed by atoms with Crippen LogP contribution < -0.4 is 5.56 Å². The minimum Gasteiger partial charge on any atom is -0.351 e. The maximum absolute atomic E-state index is 12.0. The first kappa shape index (κ1) is 13.8. The van der Waals surface area contributed by atoms with E-state index in [0.29, 0.717) is 19.8 Å². The predicted octanol–water partition coefficient (Wildman–Crippen LogP) is 2.40. The molecule has 0 spiro atoms. The summed E-state index contributed by atoms with van der Waals surface area (Å²) >= 11 is 0. The third-order valence-corrected chi connectivity index (χ3v) is 2.94. The van der Waals surface area contributed by atoms with Crippen LogP contribution in [0.1, 0.15) is 13.8 Å². The molecule has 0 amide bonds. The molecule has 1 aromatic carbocycles. The lowest BCUT2D eigenvalue weighted by Crippen LogP contribution is -2.30. The summed E-state index contributed by atoms with van der Waals surface area (Å²) in [5, 5.41) is 1.04. The molecule has 2 aromatic rings. The normalized spacial score (nSPS) is 11.3.